The number of carbonyl (C=O) groups excluding carboxylic acids is 1. The van der Waals surface area contributed by atoms with Crippen molar-refractivity contribution < 1.29 is 9.53 Å². The van der Waals surface area contributed by atoms with E-state index in [9.17, 15) is 10.1 Å². The zero-order valence-corrected chi connectivity index (χ0v) is 15.3. The standard InChI is InChI=1S/C19H16Cl2N2O2/c1-3-25-18-7-6-15(20)9-13(18)8-14(11-22)19(24)23-17-10-16(21)5-4-12(17)2/h4-10H,3H2,1-2H3,(H,23,24)/b14-8+. The molecule has 0 aromatic heterocycles. The summed E-state index contributed by atoms with van der Waals surface area (Å²) < 4.78 is 5.51. The average molecular weight is 375 g/mol. The van der Waals surface area contributed by atoms with Gasteiger partial charge in [-0.05, 0) is 55.8 Å². The van der Waals surface area contributed by atoms with Crippen molar-refractivity contribution >= 4 is 40.9 Å². The Hall–Kier alpha value is -2.48. The molecule has 0 bridgehead atoms. The number of nitrogens with zero attached hydrogens (tertiary/aromatic N) is 1. The van der Waals surface area contributed by atoms with Gasteiger partial charge in [0, 0.05) is 21.3 Å². The van der Waals surface area contributed by atoms with E-state index in [0.717, 1.165) is 5.56 Å². The topological polar surface area (TPSA) is 62.1 Å². The maximum absolute atomic E-state index is 12.4. The Morgan fingerprint density at radius 1 is 1.24 bits per heavy atom. The Morgan fingerprint density at radius 3 is 2.60 bits per heavy atom. The second-order valence-corrected chi connectivity index (χ2v) is 6.07. The average Bonchev–Trinajstić information content (AvgIpc) is 2.58. The van der Waals surface area contributed by atoms with Gasteiger partial charge in [0.25, 0.3) is 5.91 Å². The lowest BCUT2D eigenvalue weighted by atomic mass is 10.1. The number of amides is 1. The molecule has 128 valence electrons. The van der Waals surface area contributed by atoms with Crippen LogP contribution in [0.4, 0.5) is 5.69 Å². The maximum atomic E-state index is 12.4. The van der Waals surface area contributed by atoms with Crippen LogP contribution < -0.4 is 10.1 Å². The van der Waals surface area contributed by atoms with E-state index in [0.29, 0.717) is 33.7 Å². The van der Waals surface area contributed by atoms with Gasteiger partial charge in [-0.25, -0.2) is 0 Å². The van der Waals surface area contributed by atoms with Crippen LogP contribution in [0.2, 0.25) is 10.0 Å². The highest BCUT2D eigenvalue weighted by Gasteiger charge is 2.13. The minimum Gasteiger partial charge on any atom is -0.493 e. The molecule has 0 spiro atoms. The summed E-state index contributed by atoms with van der Waals surface area (Å²) in [6.07, 6.45) is 1.45. The number of halogens is 2. The fraction of sp³-hybridized carbons (Fsp3) is 0.158. The van der Waals surface area contributed by atoms with E-state index in [1.807, 2.05) is 19.9 Å². The van der Waals surface area contributed by atoms with Crippen molar-refractivity contribution in [1.29, 1.82) is 5.26 Å². The van der Waals surface area contributed by atoms with Crippen molar-refractivity contribution in [2.45, 2.75) is 13.8 Å². The molecule has 0 aliphatic heterocycles. The van der Waals surface area contributed by atoms with E-state index >= 15 is 0 Å². The summed E-state index contributed by atoms with van der Waals surface area (Å²) in [6, 6.07) is 12.1. The van der Waals surface area contributed by atoms with Crippen LogP contribution in [0.25, 0.3) is 6.08 Å². The molecule has 0 aliphatic rings. The van der Waals surface area contributed by atoms with Crippen molar-refractivity contribution in [3.05, 3.63) is 63.1 Å². The van der Waals surface area contributed by atoms with Crippen LogP contribution in [-0.4, -0.2) is 12.5 Å². The van der Waals surface area contributed by atoms with Crippen LogP contribution in [0.5, 0.6) is 5.75 Å². The number of hydrogen-bond acceptors (Lipinski definition) is 3. The quantitative estimate of drug-likeness (QED) is 0.574. The van der Waals surface area contributed by atoms with Gasteiger partial charge in [-0.2, -0.15) is 5.26 Å². The largest absolute Gasteiger partial charge is 0.493 e. The maximum Gasteiger partial charge on any atom is 0.266 e. The van der Waals surface area contributed by atoms with Gasteiger partial charge in [0.15, 0.2) is 0 Å². The van der Waals surface area contributed by atoms with Crippen LogP contribution in [0, 0.1) is 18.3 Å². The van der Waals surface area contributed by atoms with E-state index in [-0.39, 0.29) is 5.57 Å². The highest BCUT2D eigenvalue weighted by Crippen LogP contribution is 2.26. The summed E-state index contributed by atoms with van der Waals surface area (Å²) in [5.74, 6) is 0.0154. The third-order valence-electron chi connectivity index (χ3n) is 3.38. The van der Waals surface area contributed by atoms with Crippen LogP contribution >= 0.6 is 23.2 Å². The molecule has 1 amide bonds. The first-order valence-electron chi connectivity index (χ1n) is 7.56. The van der Waals surface area contributed by atoms with Gasteiger partial charge in [0.05, 0.1) is 6.61 Å². The number of ether oxygens (including phenoxy) is 1. The molecule has 2 aromatic carbocycles. The van der Waals surface area contributed by atoms with Crippen LogP contribution in [0.3, 0.4) is 0 Å². The Labute approximate surface area is 156 Å². The summed E-state index contributed by atoms with van der Waals surface area (Å²) in [4.78, 5) is 12.4. The SMILES string of the molecule is CCOc1ccc(Cl)cc1/C=C(\C#N)C(=O)Nc1cc(Cl)ccc1C. The van der Waals surface area contributed by atoms with Crippen molar-refractivity contribution in [2.24, 2.45) is 0 Å². The molecule has 0 unspecified atom stereocenters. The lowest BCUT2D eigenvalue weighted by molar-refractivity contribution is -0.112. The summed E-state index contributed by atoms with van der Waals surface area (Å²) in [5, 5.41) is 13.1. The summed E-state index contributed by atoms with van der Waals surface area (Å²) in [6.45, 7) is 4.14. The number of carbonyl (C=O) groups is 1. The number of aryl methyl sites for hydroxylation is 1. The molecule has 2 rings (SSSR count). The van der Waals surface area contributed by atoms with Gasteiger partial charge in [0.2, 0.25) is 0 Å². The van der Waals surface area contributed by atoms with Crippen molar-refractivity contribution in [1.82, 2.24) is 0 Å². The van der Waals surface area contributed by atoms with E-state index in [1.54, 1.807) is 36.4 Å². The van der Waals surface area contributed by atoms with Gasteiger partial charge in [0.1, 0.15) is 17.4 Å². The molecule has 1 N–H and O–H groups in total. The first-order chi connectivity index (χ1) is 11.9. The lowest BCUT2D eigenvalue weighted by Crippen LogP contribution is -2.14. The molecule has 0 aliphatic carbocycles. The molecular formula is C19H16Cl2N2O2. The summed E-state index contributed by atoms with van der Waals surface area (Å²) >= 11 is 12.0. The molecule has 6 heteroatoms. The third kappa shape index (κ3) is 4.99. The second-order valence-electron chi connectivity index (χ2n) is 5.20. The van der Waals surface area contributed by atoms with Crippen molar-refractivity contribution in [3.8, 4) is 11.8 Å². The fourth-order valence-electron chi connectivity index (χ4n) is 2.14. The second kappa shape index (κ2) is 8.57. The van der Waals surface area contributed by atoms with Gasteiger partial charge >= 0.3 is 0 Å². The van der Waals surface area contributed by atoms with E-state index in [4.69, 9.17) is 27.9 Å². The minimum atomic E-state index is -0.532. The molecule has 25 heavy (non-hydrogen) atoms. The zero-order chi connectivity index (χ0) is 18.4. The minimum absolute atomic E-state index is 0.0670. The Bertz CT molecular complexity index is 870. The molecule has 0 heterocycles. The van der Waals surface area contributed by atoms with Gasteiger partial charge < -0.3 is 10.1 Å². The molecule has 2 aromatic rings. The highest BCUT2D eigenvalue weighted by molar-refractivity contribution is 6.31. The molecule has 4 nitrogen and oxygen atoms in total. The van der Waals surface area contributed by atoms with E-state index in [2.05, 4.69) is 5.32 Å². The number of hydrogen-bond donors (Lipinski definition) is 1. The van der Waals surface area contributed by atoms with E-state index < -0.39 is 5.91 Å². The van der Waals surface area contributed by atoms with E-state index in [1.165, 1.54) is 6.08 Å². The number of nitrogens with one attached hydrogen (secondary N) is 1. The Kier molecular flexibility index (Phi) is 6.46. The molecule has 0 saturated carbocycles. The predicted molar refractivity (Wildman–Crippen MR) is 101 cm³/mol. The molecule has 0 fully saturated rings. The van der Waals surface area contributed by atoms with Gasteiger partial charge in [-0.1, -0.05) is 29.3 Å². The molecule has 0 saturated heterocycles. The number of nitriles is 1. The van der Waals surface area contributed by atoms with Gasteiger partial charge in [-0.3, -0.25) is 4.79 Å². The highest BCUT2D eigenvalue weighted by atomic mass is 35.5. The van der Waals surface area contributed by atoms with Gasteiger partial charge in [-0.15, -0.1) is 0 Å². The number of anilines is 1. The van der Waals surface area contributed by atoms with Crippen LogP contribution in [-0.2, 0) is 4.79 Å². The molecular weight excluding hydrogens is 359 g/mol. The number of benzene rings is 2. The molecule has 0 radical (unpaired) electrons. The Balaban J connectivity index is 2.34. The third-order valence-corrected chi connectivity index (χ3v) is 3.85. The van der Waals surface area contributed by atoms with Crippen LogP contribution in [0.1, 0.15) is 18.1 Å². The monoisotopic (exact) mass is 374 g/mol. The smallest absolute Gasteiger partial charge is 0.266 e. The first kappa shape index (κ1) is 18.9. The zero-order valence-electron chi connectivity index (χ0n) is 13.8. The molecule has 0 atom stereocenters. The summed E-state index contributed by atoms with van der Waals surface area (Å²) in [5.41, 5.74) is 1.88. The van der Waals surface area contributed by atoms with Crippen molar-refractivity contribution in [3.63, 3.8) is 0 Å². The van der Waals surface area contributed by atoms with Crippen LogP contribution in [0.15, 0.2) is 42.0 Å². The fourth-order valence-corrected chi connectivity index (χ4v) is 2.49. The van der Waals surface area contributed by atoms with Crippen molar-refractivity contribution in [2.75, 3.05) is 11.9 Å². The number of rotatable bonds is 5. The Morgan fingerprint density at radius 2 is 1.92 bits per heavy atom. The normalized spacial score (nSPS) is 10.9. The lowest BCUT2D eigenvalue weighted by Gasteiger charge is -2.10. The summed E-state index contributed by atoms with van der Waals surface area (Å²) in [7, 11) is 0. The predicted octanol–water partition coefficient (Wildman–Crippen LogP) is 5.25. The first-order valence-corrected chi connectivity index (χ1v) is 8.31.